The number of benzene rings is 2. The quantitative estimate of drug-likeness (QED) is 0.626. The number of nitrogens with zero attached hydrogens (tertiary/aromatic N) is 2. The third-order valence-electron chi connectivity index (χ3n) is 5.61. The van der Waals surface area contributed by atoms with Crippen molar-refractivity contribution in [1.82, 2.24) is 14.2 Å². The Morgan fingerprint density at radius 2 is 1.84 bits per heavy atom. The molecule has 3 aromatic rings. The highest BCUT2D eigenvalue weighted by atomic mass is 35.5. The van der Waals surface area contributed by atoms with Crippen molar-refractivity contribution in [2.45, 2.75) is 24.3 Å². The van der Waals surface area contributed by atoms with Gasteiger partial charge in [0.1, 0.15) is 0 Å². The van der Waals surface area contributed by atoms with Crippen molar-refractivity contribution >= 4 is 38.6 Å². The molecule has 1 aromatic heterocycles. The average molecular weight is 464 g/mol. The number of hydrogen-bond donors (Lipinski definition) is 1. The monoisotopic (exact) mass is 463 g/mol. The van der Waals surface area contributed by atoms with Crippen LogP contribution >= 0.6 is 11.6 Å². The SMILES string of the molecule is Cn1c(=O)oc2cc(S(=O)(=O)N3CCC(C(=O)NCc4ccc(Cl)cc4)CC3)ccc21. The summed E-state index contributed by atoms with van der Waals surface area (Å²) in [5.74, 6) is -0.872. The van der Waals surface area contributed by atoms with Crippen molar-refractivity contribution in [2.75, 3.05) is 13.1 Å². The largest absolute Gasteiger partial charge is 0.419 e. The number of amides is 1. The molecule has 1 aliphatic heterocycles. The molecule has 0 atom stereocenters. The highest BCUT2D eigenvalue weighted by molar-refractivity contribution is 7.89. The number of carbonyl (C=O) groups is 1. The van der Waals surface area contributed by atoms with E-state index in [1.807, 2.05) is 12.1 Å². The Morgan fingerprint density at radius 1 is 1.16 bits per heavy atom. The first-order valence-corrected chi connectivity index (χ1v) is 11.7. The predicted molar refractivity (Wildman–Crippen MR) is 116 cm³/mol. The van der Waals surface area contributed by atoms with Crippen molar-refractivity contribution in [1.29, 1.82) is 0 Å². The number of sulfonamides is 1. The van der Waals surface area contributed by atoms with Crippen molar-refractivity contribution in [2.24, 2.45) is 13.0 Å². The molecule has 1 aliphatic rings. The van der Waals surface area contributed by atoms with Gasteiger partial charge in [0.05, 0.1) is 10.4 Å². The van der Waals surface area contributed by atoms with Crippen LogP contribution in [0.4, 0.5) is 0 Å². The molecule has 0 unspecified atom stereocenters. The smallest absolute Gasteiger partial charge is 0.408 e. The lowest BCUT2D eigenvalue weighted by atomic mass is 9.97. The van der Waals surface area contributed by atoms with Gasteiger partial charge in [-0.3, -0.25) is 9.36 Å². The zero-order valence-electron chi connectivity index (χ0n) is 16.9. The average Bonchev–Trinajstić information content (AvgIpc) is 3.06. The molecule has 164 valence electrons. The standard InChI is InChI=1S/C21H22ClN3O5S/c1-24-18-7-6-17(12-19(18)30-21(24)27)31(28,29)25-10-8-15(9-11-25)20(26)23-13-14-2-4-16(22)5-3-14/h2-7,12,15H,8-11,13H2,1H3,(H,23,26). The lowest BCUT2D eigenvalue weighted by molar-refractivity contribution is -0.126. The molecule has 1 amide bonds. The van der Waals surface area contributed by atoms with E-state index in [4.69, 9.17) is 16.0 Å². The molecule has 1 N–H and O–H groups in total. The number of halogens is 1. The summed E-state index contributed by atoms with van der Waals surface area (Å²) in [6.45, 7) is 0.896. The zero-order valence-corrected chi connectivity index (χ0v) is 18.4. The summed E-state index contributed by atoms with van der Waals surface area (Å²) in [7, 11) is -2.19. The molecule has 8 nitrogen and oxygen atoms in total. The van der Waals surface area contributed by atoms with Crippen LogP contribution in [0.25, 0.3) is 11.1 Å². The number of piperidine rings is 1. The highest BCUT2D eigenvalue weighted by Gasteiger charge is 2.32. The maximum absolute atomic E-state index is 13.0. The number of aryl methyl sites for hydroxylation is 1. The third kappa shape index (κ3) is 4.39. The molecule has 2 aromatic carbocycles. The van der Waals surface area contributed by atoms with Crippen LogP contribution in [0.3, 0.4) is 0 Å². The van der Waals surface area contributed by atoms with Crippen molar-refractivity contribution in [3.8, 4) is 0 Å². The first-order valence-electron chi connectivity index (χ1n) is 9.87. The molecule has 2 heterocycles. The summed E-state index contributed by atoms with van der Waals surface area (Å²) in [6, 6.07) is 11.6. The fourth-order valence-electron chi connectivity index (χ4n) is 3.72. The van der Waals surface area contributed by atoms with E-state index >= 15 is 0 Å². The van der Waals surface area contributed by atoms with Crippen LogP contribution < -0.4 is 11.1 Å². The Hall–Kier alpha value is -2.62. The van der Waals surface area contributed by atoms with E-state index in [-0.39, 0.29) is 35.4 Å². The zero-order chi connectivity index (χ0) is 22.2. The molecule has 0 aliphatic carbocycles. The van der Waals surface area contributed by atoms with Gasteiger partial charge in [-0.1, -0.05) is 23.7 Å². The molecule has 4 rings (SSSR count). The molecule has 1 saturated heterocycles. The van der Waals surface area contributed by atoms with Gasteiger partial charge in [-0.05, 0) is 42.7 Å². The van der Waals surface area contributed by atoms with Crippen LogP contribution in [0.1, 0.15) is 18.4 Å². The van der Waals surface area contributed by atoms with Crippen LogP contribution in [0.15, 0.2) is 56.6 Å². The first-order chi connectivity index (χ1) is 14.8. The number of hydrogen-bond acceptors (Lipinski definition) is 5. The molecule has 0 saturated carbocycles. The minimum Gasteiger partial charge on any atom is -0.408 e. The van der Waals surface area contributed by atoms with Gasteiger partial charge in [0.2, 0.25) is 15.9 Å². The number of rotatable bonds is 5. The fraction of sp³-hybridized carbons (Fsp3) is 0.333. The Morgan fingerprint density at radius 3 is 2.52 bits per heavy atom. The van der Waals surface area contributed by atoms with Gasteiger partial charge in [-0.15, -0.1) is 0 Å². The lowest BCUT2D eigenvalue weighted by Crippen LogP contribution is -2.42. The van der Waals surface area contributed by atoms with Crippen LogP contribution in [-0.2, 0) is 28.4 Å². The molecule has 0 spiro atoms. The summed E-state index contributed by atoms with van der Waals surface area (Å²) in [5, 5.41) is 3.54. The lowest BCUT2D eigenvalue weighted by Gasteiger charge is -2.30. The third-order valence-corrected chi connectivity index (χ3v) is 7.75. The minimum atomic E-state index is -3.75. The van der Waals surface area contributed by atoms with E-state index < -0.39 is 15.8 Å². The summed E-state index contributed by atoms with van der Waals surface area (Å²) < 4.78 is 33.8. The van der Waals surface area contributed by atoms with Gasteiger partial charge in [0.15, 0.2) is 5.58 Å². The second-order valence-corrected chi connectivity index (χ2v) is 9.95. The molecule has 0 bridgehead atoms. The number of fused-ring (bicyclic) bond motifs is 1. The molecular weight excluding hydrogens is 442 g/mol. The van der Waals surface area contributed by atoms with Gasteiger partial charge < -0.3 is 9.73 Å². The first kappa shape index (κ1) is 21.6. The highest BCUT2D eigenvalue weighted by Crippen LogP contribution is 2.26. The molecule has 10 heteroatoms. The van der Waals surface area contributed by atoms with Crippen LogP contribution in [-0.4, -0.2) is 36.3 Å². The molecule has 31 heavy (non-hydrogen) atoms. The van der Waals surface area contributed by atoms with E-state index in [9.17, 15) is 18.0 Å². The van der Waals surface area contributed by atoms with Crippen LogP contribution in [0.2, 0.25) is 5.02 Å². The minimum absolute atomic E-state index is 0.0694. The van der Waals surface area contributed by atoms with Gasteiger partial charge in [-0.2, -0.15) is 4.31 Å². The summed E-state index contributed by atoms with van der Waals surface area (Å²) in [4.78, 5) is 24.2. The Kier molecular flexibility index (Phi) is 5.92. The normalized spacial score (nSPS) is 15.9. The van der Waals surface area contributed by atoms with Gasteiger partial charge in [0, 0.05) is 43.7 Å². The van der Waals surface area contributed by atoms with E-state index in [2.05, 4.69) is 5.32 Å². The van der Waals surface area contributed by atoms with Crippen molar-refractivity contribution < 1.29 is 17.6 Å². The molecule has 1 fully saturated rings. The summed E-state index contributed by atoms with van der Waals surface area (Å²) in [5.41, 5.74) is 1.70. The number of carbonyl (C=O) groups excluding carboxylic acids is 1. The number of aromatic nitrogens is 1. The number of oxazole rings is 1. The maximum atomic E-state index is 13.0. The topological polar surface area (TPSA) is 102 Å². The van der Waals surface area contributed by atoms with Gasteiger partial charge in [0.25, 0.3) is 0 Å². The maximum Gasteiger partial charge on any atom is 0.419 e. The summed E-state index contributed by atoms with van der Waals surface area (Å²) in [6.07, 6.45) is 0.878. The molecule has 0 radical (unpaired) electrons. The Balaban J connectivity index is 1.38. The number of nitrogens with one attached hydrogen (secondary N) is 1. The second-order valence-electron chi connectivity index (χ2n) is 7.58. The van der Waals surface area contributed by atoms with Crippen LogP contribution in [0, 0.1) is 5.92 Å². The van der Waals surface area contributed by atoms with E-state index in [0.717, 1.165) is 5.56 Å². The molecular formula is C21H22ClN3O5S. The van der Waals surface area contributed by atoms with Gasteiger partial charge >= 0.3 is 5.76 Å². The predicted octanol–water partition coefficient (Wildman–Crippen LogP) is 2.50. The van der Waals surface area contributed by atoms with E-state index in [0.29, 0.717) is 29.9 Å². The van der Waals surface area contributed by atoms with E-state index in [1.165, 1.54) is 21.0 Å². The fourth-order valence-corrected chi connectivity index (χ4v) is 5.33. The van der Waals surface area contributed by atoms with Crippen LogP contribution in [0.5, 0.6) is 0 Å². The Labute approximate surface area is 184 Å². The van der Waals surface area contributed by atoms with Crippen molar-refractivity contribution in [3.63, 3.8) is 0 Å². The Bertz CT molecular complexity index is 1270. The second kappa shape index (κ2) is 8.49. The van der Waals surface area contributed by atoms with Gasteiger partial charge in [-0.25, -0.2) is 13.2 Å². The van der Waals surface area contributed by atoms with Crippen molar-refractivity contribution in [3.05, 3.63) is 63.6 Å². The summed E-state index contributed by atoms with van der Waals surface area (Å²) >= 11 is 5.87. The van der Waals surface area contributed by atoms with E-state index in [1.54, 1.807) is 25.2 Å².